The first-order chi connectivity index (χ1) is 10.3. The second-order valence-electron chi connectivity index (χ2n) is 5.72. The summed E-state index contributed by atoms with van der Waals surface area (Å²) in [5.41, 5.74) is 1.23. The monoisotopic (exact) mass is 292 g/mol. The van der Waals surface area contributed by atoms with Gasteiger partial charge in [-0.1, -0.05) is 13.0 Å². The molecule has 4 heteroatoms. The molecule has 2 rings (SSSR count). The molecule has 0 bridgehead atoms. The fourth-order valence-electron chi connectivity index (χ4n) is 2.97. The highest BCUT2D eigenvalue weighted by molar-refractivity contribution is 5.40. The predicted octanol–water partition coefficient (Wildman–Crippen LogP) is 2.53. The third kappa shape index (κ3) is 4.61. The van der Waals surface area contributed by atoms with Crippen molar-refractivity contribution in [2.75, 3.05) is 40.4 Å². The summed E-state index contributed by atoms with van der Waals surface area (Å²) in [7, 11) is 3.41. The largest absolute Gasteiger partial charge is 0.497 e. The number of nitrogens with one attached hydrogen (secondary N) is 1. The molecule has 0 saturated carbocycles. The van der Waals surface area contributed by atoms with Gasteiger partial charge in [0.15, 0.2) is 0 Å². The van der Waals surface area contributed by atoms with Crippen LogP contribution in [0.3, 0.4) is 0 Å². The molecule has 1 aromatic carbocycles. The Balaban J connectivity index is 2.00. The van der Waals surface area contributed by atoms with E-state index in [1.165, 1.54) is 24.9 Å². The fourth-order valence-corrected chi connectivity index (χ4v) is 2.97. The molecule has 4 nitrogen and oxygen atoms in total. The minimum atomic E-state index is 0.767. The van der Waals surface area contributed by atoms with Gasteiger partial charge in [0.1, 0.15) is 11.5 Å². The highest BCUT2D eigenvalue weighted by atomic mass is 16.5. The smallest absolute Gasteiger partial charge is 0.127 e. The molecule has 1 atom stereocenters. The van der Waals surface area contributed by atoms with Gasteiger partial charge >= 0.3 is 0 Å². The number of hydrogen-bond acceptors (Lipinski definition) is 4. The normalized spacial score (nSPS) is 18.8. The maximum Gasteiger partial charge on any atom is 0.127 e. The van der Waals surface area contributed by atoms with Crippen molar-refractivity contribution >= 4 is 0 Å². The lowest BCUT2D eigenvalue weighted by molar-refractivity contribution is 0.207. The summed E-state index contributed by atoms with van der Waals surface area (Å²) in [6.45, 7) is 7.70. The van der Waals surface area contributed by atoms with Crippen LogP contribution in [0.2, 0.25) is 0 Å². The second kappa shape index (κ2) is 8.25. The number of hydrogen-bond donors (Lipinski definition) is 1. The van der Waals surface area contributed by atoms with Crippen molar-refractivity contribution in [1.29, 1.82) is 0 Å². The zero-order valence-corrected chi connectivity index (χ0v) is 13.5. The van der Waals surface area contributed by atoms with Crippen molar-refractivity contribution in [2.24, 2.45) is 5.92 Å². The van der Waals surface area contributed by atoms with E-state index in [-0.39, 0.29) is 0 Å². The molecule has 1 unspecified atom stereocenters. The minimum absolute atomic E-state index is 0.767. The Hall–Kier alpha value is -1.26. The Kier molecular flexibility index (Phi) is 6.33. The molecule has 1 aliphatic heterocycles. The molecule has 1 aliphatic rings. The van der Waals surface area contributed by atoms with Gasteiger partial charge in [-0.3, -0.25) is 4.90 Å². The summed E-state index contributed by atoms with van der Waals surface area (Å²) >= 11 is 0. The van der Waals surface area contributed by atoms with Crippen LogP contribution < -0.4 is 14.8 Å². The van der Waals surface area contributed by atoms with E-state index in [2.05, 4.69) is 23.2 Å². The minimum Gasteiger partial charge on any atom is -0.497 e. The summed E-state index contributed by atoms with van der Waals surface area (Å²) in [6.07, 6.45) is 2.64. The maximum atomic E-state index is 5.50. The molecule has 1 aromatic rings. The SMILES string of the molecule is CCN(Cc1ccc(OC)cc1OC)CC1CCCNC1. The molecule has 0 aliphatic carbocycles. The van der Waals surface area contributed by atoms with Crippen LogP contribution in [0.4, 0.5) is 0 Å². The second-order valence-corrected chi connectivity index (χ2v) is 5.72. The van der Waals surface area contributed by atoms with Gasteiger partial charge in [-0.15, -0.1) is 0 Å². The van der Waals surface area contributed by atoms with Crippen molar-refractivity contribution in [3.8, 4) is 11.5 Å². The molecule has 1 fully saturated rings. The standard InChI is InChI=1S/C17H28N2O2/c1-4-19(12-14-6-5-9-18-11-14)13-15-7-8-16(20-2)10-17(15)21-3/h7-8,10,14,18H,4-6,9,11-13H2,1-3H3. The van der Waals surface area contributed by atoms with E-state index in [4.69, 9.17) is 9.47 Å². The summed E-state index contributed by atoms with van der Waals surface area (Å²) in [4.78, 5) is 2.50. The highest BCUT2D eigenvalue weighted by Crippen LogP contribution is 2.26. The third-order valence-corrected chi connectivity index (χ3v) is 4.25. The molecule has 1 heterocycles. The number of rotatable bonds is 7. The highest BCUT2D eigenvalue weighted by Gasteiger charge is 2.17. The molecule has 0 radical (unpaired) electrons. The quantitative estimate of drug-likeness (QED) is 0.837. The molecular weight excluding hydrogens is 264 g/mol. The Morgan fingerprint density at radius 2 is 2.14 bits per heavy atom. The van der Waals surface area contributed by atoms with Crippen molar-refractivity contribution in [3.05, 3.63) is 23.8 Å². The first-order valence-electron chi connectivity index (χ1n) is 7.90. The van der Waals surface area contributed by atoms with Gasteiger partial charge in [-0.2, -0.15) is 0 Å². The van der Waals surface area contributed by atoms with Crippen LogP contribution in [0.15, 0.2) is 18.2 Å². The van der Waals surface area contributed by atoms with Crippen molar-refractivity contribution < 1.29 is 9.47 Å². The molecule has 118 valence electrons. The molecular formula is C17H28N2O2. The summed E-state index contributed by atoms with van der Waals surface area (Å²) in [5.74, 6) is 2.52. The van der Waals surface area contributed by atoms with Crippen LogP contribution in [0.25, 0.3) is 0 Å². The van der Waals surface area contributed by atoms with Gasteiger partial charge in [0, 0.05) is 24.7 Å². The maximum absolute atomic E-state index is 5.50. The molecule has 0 amide bonds. The number of benzene rings is 1. The Morgan fingerprint density at radius 1 is 1.29 bits per heavy atom. The molecule has 1 N–H and O–H groups in total. The van der Waals surface area contributed by atoms with Crippen LogP contribution in [0, 0.1) is 5.92 Å². The van der Waals surface area contributed by atoms with Crippen LogP contribution in [0.5, 0.6) is 11.5 Å². The zero-order valence-electron chi connectivity index (χ0n) is 13.5. The summed E-state index contributed by atoms with van der Waals surface area (Å²) in [5, 5.41) is 3.50. The van der Waals surface area contributed by atoms with Crippen LogP contribution in [-0.4, -0.2) is 45.3 Å². The molecule has 1 saturated heterocycles. The number of methoxy groups -OCH3 is 2. The van der Waals surface area contributed by atoms with Gasteiger partial charge in [-0.25, -0.2) is 0 Å². The Morgan fingerprint density at radius 3 is 2.76 bits per heavy atom. The van der Waals surface area contributed by atoms with E-state index in [9.17, 15) is 0 Å². The third-order valence-electron chi connectivity index (χ3n) is 4.25. The Labute approximate surface area is 128 Å². The predicted molar refractivity (Wildman–Crippen MR) is 86.1 cm³/mol. The fraction of sp³-hybridized carbons (Fsp3) is 0.647. The lowest BCUT2D eigenvalue weighted by atomic mass is 9.99. The van der Waals surface area contributed by atoms with Crippen molar-refractivity contribution in [2.45, 2.75) is 26.3 Å². The Bertz CT molecular complexity index is 431. The lowest BCUT2D eigenvalue weighted by Gasteiger charge is -2.29. The first kappa shape index (κ1) is 16.1. The average Bonchev–Trinajstić information content (AvgIpc) is 2.55. The van der Waals surface area contributed by atoms with Crippen LogP contribution in [0.1, 0.15) is 25.3 Å². The van der Waals surface area contributed by atoms with Crippen molar-refractivity contribution in [3.63, 3.8) is 0 Å². The number of piperidine rings is 1. The van der Waals surface area contributed by atoms with Crippen LogP contribution >= 0.6 is 0 Å². The first-order valence-corrected chi connectivity index (χ1v) is 7.90. The van der Waals surface area contributed by atoms with E-state index >= 15 is 0 Å². The lowest BCUT2D eigenvalue weighted by Crippen LogP contribution is -2.38. The van der Waals surface area contributed by atoms with Crippen molar-refractivity contribution in [1.82, 2.24) is 10.2 Å². The van der Waals surface area contributed by atoms with Gasteiger partial charge in [-0.05, 0) is 44.5 Å². The van der Waals surface area contributed by atoms with Gasteiger partial charge < -0.3 is 14.8 Å². The van der Waals surface area contributed by atoms with Crippen LogP contribution in [-0.2, 0) is 6.54 Å². The van der Waals surface area contributed by atoms with E-state index in [0.717, 1.165) is 43.6 Å². The van der Waals surface area contributed by atoms with Gasteiger partial charge in [0.2, 0.25) is 0 Å². The summed E-state index contributed by atoms with van der Waals surface area (Å²) < 4.78 is 10.8. The van der Waals surface area contributed by atoms with E-state index in [1.54, 1.807) is 14.2 Å². The van der Waals surface area contributed by atoms with Gasteiger partial charge in [0.05, 0.1) is 14.2 Å². The number of nitrogens with zero attached hydrogens (tertiary/aromatic N) is 1. The van der Waals surface area contributed by atoms with Gasteiger partial charge in [0.25, 0.3) is 0 Å². The zero-order chi connectivity index (χ0) is 15.1. The number of ether oxygens (including phenoxy) is 2. The summed E-state index contributed by atoms with van der Waals surface area (Å²) in [6, 6.07) is 6.08. The topological polar surface area (TPSA) is 33.7 Å². The molecule has 21 heavy (non-hydrogen) atoms. The molecule has 0 aromatic heterocycles. The van der Waals surface area contributed by atoms with E-state index in [0.29, 0.717) is 0 Å². The van der Waals surface area contributed by atoms with E-state index in [1.807, 2.05) is 12.1 Å². The molecule has 0 spiro atoms. The van der Waals surface area contributed by atoms with E-state index < -0.39 is 0 Å². The average molecular weight is 292 g/mol.